The molecule has 1 N–H and O–H groups in total. The van der Waals surface area contributed by atoms with Crippen LogP contribution in [-0.2, 0) is 6.42 Å². The van der Waals surface area contributed by atoms with Crippen molar-refractivity contribution in [1.29, 1.82) is 0 Å². The van der Waals surface area contributed by atoms with Gasteiger partial charge in [0.05, 0.1) is 19.8 Å². The molecule has 0 aliphatic rings. The molecule has 0 aliphatic carbocycles. The van der Waals surface area contributed by atoms with Crippen LogP contribution in [0.4, 0.5) is 0 Å². The van der Waals surface area contributed by atoms with Crippen LogP contribution in [-0.4, -0.2) is 18.8 Å². The lowest BCUT2D eigenvalue weighted by Gasteiger charge is -2.16. The summed E-state index contributed by atoms with van der Waals surface area (Å²) in [7, 11) is 1.63. The summed E-state index contributed by atoms with van der Waals surface area (Å²) in [6.07, 6.45) is -0.141. The van der Waals surface area contributed by atoms with Crippen LogP contribution in [0, 0.1) is 0 Å². The van der Waals surface area contributed by atoms with E-state index >= 15 is 0 Å². The summed E-state index contributed by atoms with van der Waals surface area (Å²) in [5, 5.41) is 10.5. The first-order valence-electron chi connectivity index (χ1n) is 6.88. The van der Waals surface area contributed by atoms with Crippen molar-refractivity contribution in [2.75, 3.05) is 13.7 Å². The van der Waals surface area contributed by atoms with Crippen molar-refractivity contribution in [2.45, 2.75) is 19.4 Å². The van der Waals surface area contributed by atoms with Crippen molar-refractivity contribution in [3.63, 3.8) is 0 Å². The van der Waals surface area contributed by atoms with E-state index in [1.807, 2.05) is 49.4 Å². The number of ether oxygens (including phenoxy) is 2. The monoisotopic (exact) mass is 350 g/mol. The lowest BCUT2D eigenvalue weighted by Crippen LogP contribution is -2.06. The topological polar surface area (TPSA) is 38.7 Å². The van der Waals surface area contributed by atoms with Gasteiger partial charge in [0.1, 0.15) is 11.5 Å². The van der Waals surface area contributed by atoms with E-state index in [-0.39, 0.29) is 0 Å². The van der Waals surface area contributed by atoms with E-state index in [1.165, 1.54) is 0 Å². The molecule has 2 aromatic rings. The molecule has 0 aliphatic heterocycles. The summed E-state index contributed by atoms with van der Waals surface area (Å²) < 4.78 is 11.8. The summed E-state index contributed by atoms with van der Waals surface area (Å²) in [6, 6.07) is 13.3. The summed E-state index contributed by atoms with van der Waals surface area (Å²) in [5.41, 5.74) is 1.79. The Hall–Kier alpha value is -1.52. The number of hydrogen-bond acceptors (Lipinski definition) is 3. The average Bonchev–Trinajstić information content (AvgIpc) is 2.50. The van der Waals surface area contributed by atoms with E-state index in [1.54, 1.807) is 7.11 Å². The van der Waals surface area contributed by atoms with Gasteiger partial charge in [0.25, 0.3) is 0 Å². The molecule has 112 valence electrons. The van der Waals surface area contributed by atoms with Crippen LogP contribution in [0.5, 0.6) is 11.5 Å². The van der Waals surface area contributed by atoms with Gasteiger partial charge in [0.15, 0.2) is 0 Å². The summed E-state index contributed by atoms with van der Waals surface area (Å²) in [4.78, 5) is 0. The molecule has 2 rings (SSSR count). The first kappa shape index (κ1) is 15.9. The Morgan fingerprint density at radius 1 is 1.19 bits per heavy atom. The molecule has 21 heavy (non-hydrogen) atoms. The van der Waals surface area contributed by atoms with Crippen molar-refractivity contribution in [3.8, 4) is 11.5 Å². The average molecular weight is 351 g/mol. The number of aliphatic hydroxyl groups is 1. The van der Waals surface area contributed by atoms with Gasteiger partial charge in [0.2, 0.25) is 0 Å². The first-order chi connectivity index (χ1) is 10.2. The van der Waals surface area contributed by atoms with E-state index in [0.29, 0.717) is 13.0 Å². The molecular weight excluding hydrogens is 332 g/mol. The highest BCUT2D eigenvalue weighted by Gasteiger charge is 2.15. The number of rotatable bonds is 6. The molecule has 1 atom stereocenters. The first-order valence-corrected chi connectivity index (χ1v) is 7.67. The summed E-state index contributed by atoms with van der Waals surface area (Å²) >= 11 is 3.51. The van der Waals surface area contributed by atoms with E-state index in [0.717, 1.165) is 27.1 Å². The minimum atomic E-state index is -0.629. The van der Waals surface area contributed by atoms with E-state index in [2.05, 4.69) is 15.9 Å². The van der Waals surface area contributed by atoms with Crippen LogP contribution in [0.2, 0.25) is 0 Å². The van der Waals surface area contributed by atoms with Gasteiger partial charge in [-0.25, -0.2) is 0 Å². The summed E-state index contributed by atoms with van der Waals surface area (Å²) in [5.74, 6) is 1.50. The second-order valence-electron chi connectivity index (χ2n) is 4.65. The molecule has 0 amide bonds. The van der Waals surface area contributed by atoms with Gasteiger partial charge in [-0.2, -0.15) is 0 Å². The number of methoxy groups -OCH3 is 1. The van der Waals surface area contributed by atoms with Gasteiger partial charge < -0.3 is 14.6 Å². The van der Waals surface area contributed by atoms with Crippen molar-refractivity contribution in [3.05, 3.63) is 58.1 Å². The van der Waals surface area contributed by atoms with Crippen LogP contribution in [0.15, 0.2) is 46.9 Å². The number of aliphatic hydroxyl groups excluding tert-OH is 1. The fourth-order valence-corrected chi connectivity index (χ4v) is 2.60. The van der Waals surface area contributed by atoms with Crippen molar-refractivity contribution in [1.82, 2.24) is 0 Å². The largest absolute Gasteiger partial charge is 0.497 e. The molecule has 1 unspecified atom stereocenters. The Morgan fingerprint density at radius 2 is 1.95 bits per heavy atom. The third kappa shape index (κ3) is 3.99. The van der Waals surface area contributed by atoms with Gasteiger partial charge in [-0.3, -0.25) is 0 Å². The minimum Gasteiger partial charge on any atom is -0.497 e. The standard InChI is InChI=1S/C17H19BrO3/c1-3-21-17-7-5-4-6-14(17)16(19)11-12-10-13(20-2)8-9-15(12)18/h4-10,16,19H,3,11H2,1-2H3. The highest BCUT2D eigenvalue weighted by molar-refractivity contribution is 9.10. The smallest absolute Gasteiger partial charge is 0.125 e. The molecular formula is C17H19BrO3. The molecule has 0 saturated heterocycles. The van der Waals surface area contributed by atoms with Gasteiger partial charge >= 0.3 is 0 Å². The maximum absolute atomic E-state index is 10.5. The SMILES string of the molecule is CCOc1ccccc1C(O)Cc1cc(OC)ccc1Br. The molecule has 0 bridgehead atoms. The molecule has 0 aromatic heterocycles. The van der Waals surface area contributed by atoms with Gasteiger partial charge in [-0.05, 0) is 36.8 Å². The predicted molar refractivity (Wildman–Crippen MR) is 87.0 cm³/mol. The Balaban J connectivity index is 2.23. The highest BCUT2D eigenvalue weighted by Crippen LogP contribution is 2.31. The van der Waals surface area contributed by atoms with Crippen LogP contribution < -0.4 is 9.47 Å². The molecule has 3 nitrogen and oxygen atoms in total. The number of halogens is 1. The molecule has 2 aromatic carbocycles. The zero-order valence-electron chi connectivity index (χ0n) is 12.2. The molecule has 4 heteroatoms. The number of para-hydroxylation sites is 1. The van der Waals surface area contributed by atoms with Crippen LogP contribution in [0.1, 0.15) is 24.2 Å². The highest BCUT2D eigenvalue weighted by atomic mass is 79.9. The Labute approximate surface area is 133 Å². The van der Waals surface area contributed by atoms with Gasteiger partial charge in [-0.1, -0.05) is 34.1 Å². The van der Waals surface area contributed by atoms with Gasteiger partial charge in [-0.15, -0.1) is 0 Å². The molecule has 0 radical (unpaired) electrons. The zero-order valence-corrected chi connectivity index (χ0v) is 13.8. The van der Waals surface area contributed by atoms with Crippen LogP contribution >= 0.6 is 15.9 Å². The summed E-state index contributed by atoms with van der Waals surface area (Å²) in [6.45, 7) is 2.51. The Bertz CT molecular complexity index is 598. The van der Waals surface area contributed by atoms with Crippen LogP contribution in [0.25, 0.3) is 0 Å². The van der Waals surface area contributed by atoms with Crippen molar-refractivity contribution >= 4 is 15.9 Å². The zero-order chi connectivity index (χ0) is 15.2. The maximum Gasteiger partial charge on any atom is 0.125 e. The Kier molecular flexibility index (Phi) is 5.65. The third-order valence-corrected chi connectivity index (χ3v) is 4.02. The quantitative estimate of drug-likeness (QED) is 0.850. The normalized spacial score (nSPS) is 12.0. The molecule has 0 heterocycles. The minimum absolute atomic E-state index is 0.488. The maximum atomic E-state index is 10.5. The second-order valence-corrected chi connectivity index (χ2v) is 5.50. The van der Waals surface area contributed by atoms with E-state index < -0.39 is 6.10 Å². The third-order valence-electron chi connectivity index (χ3n) is 3.24. The van der Waals surface area contributed by atoms with Gasteiger partial charge in [0, 0.05) is 16.5 Å². The molecule has 0 spiro atoms. The van der Waals surface area contributed by atoms with Crippen molar-refractivity contribution < 1.29 is 14.6 Å². The lowest BCUT2D eigenvalue weighted by atomic mass is 10.0. The van der Waals surface area contributed by atoms with Crippen molar-refractivity contribution in [2.24, 2.45) is 0 Å². The molecule has 0 fully saturated rings. The predicted octanol–water partition coefficient (Wildman–Crippen LogP) is 4.13. The fourth-order valence-electron chi connectivity index (χ4n) is 2.20. The molecule has 0 saturated carbocycles. The Morgan fingerprint density at radius 3 is 2.67 bits per heavy atom. The van der Waals surface area contributed by atoms with Crippen LogP contribution in [0.3, 0.4) is 0 Å². The van der Waals surface area contributed by atoms with E-state index in [4.69, 9.17) is 9.47 Å². The number of benzene rings is 2. The number of hydrogen-bond donors (Lipinski definition) is 1. The fraction of sp³-hybridized carbons (Fsp3) is 0.294. The second kappa shape index (κ2) is 7.48. The lowest BCUT2D eigenvalue weighted by molar-refractivity contribution is 0.172. The van der Waals surface area contributed by atoms with E-state index in [9.17, 15) is 5.11 Å².